The van der Waals surface area contributed by atoms with Crippen molar-refractivity contribution in [2.24, 2.45) is 0 Å². The van der Waals surface area contributed by atoms with Gasteiger partial charge in [-0.2, -0.15) is 0 Å². The molecule has 0 aromatic heterocycles. The average Bonchev–Trinajstić information content (AvgIpc) is 2.79. The monoisotopic (exact) mass is 272 g/mol. The third-order valence-corrected chi connectivity index (χ3v) is 3.18. The molecule has 1 atom stereocenters. The number of carboxylic acids is 2. The molecule has 7 heteroatoms. The first-order valence-corrected chi connectivity index (χ1v) is 6.50. The zero-order valence-corrected chi connectivity index (χ0v) is 10.7. The lowest BCUT2D eigenvalue weighted by atomic mass is 10.1. The van der Waals surface area contributed by atoms with Crippen LogP contribution in [0.1, 0.15) is 44.9 Å². The van der Waals surface area contributed by atoms with Gasteiger partial charge in [0.1, 0.15) is 6.04 Å². The largest absolute Gasteiger partial charge is 0.481 e. The fraction of sp³-hybridized carbons (Fsp3) is 0.750. The second kappa shape index (κ2) is 7.60. The van der Waals surface area contributed by atoms with Crippen molar-refractivity contribution >= 4 is 18.0 Å². The van der Waals surface area contributed by atoms with Gasteiger partial charge in [-0.05, 0) is 25.7 Å². The summed E-state index contributed by atoms with van der Waals surface area (Å²) in [6.45, 7) is 0. The molecule has 1 aliphatic carbocycles. The lowest BCUT2D eigenvalue weighted by molar-refractivity contribution is -0.140. The van der Waals surface area contributed by atoms with Gasteiger partial charge in [0, 0.05) is 12.5 Å². The van der Waals surface area contributed by atoms with Gasteiger partial charge in [0.05, 0.1) is 0 Å². The number of nitrogens with one attached hydrogen (secondary N) is 2. The third kappa shape index (κ3) is 6.08. The Hall–Kier alpha value is -1.79. The maximum Gasteiger partial charge on any atom is 0.326 e. The first kappa shape index (κ1) is 15.3. The molecule has 2 amide bonds. The van der Waals surface area contributed by atoms with Gasteiger partial charge in [0.2, 0.25) is 0 Å². The summed E-state index contributed by atoms with van der Waals surface area (Å²) in [5.74, 6) is -2.12. The van der Waals surface area contributed by atoms with Crippen LogP contribution in [-0.4, -0.2) is 40.3 Å². The highest BCUT2D eigenvalue weighted by atomic mass is 16.4. The average molecular weight is 272 g/mol. The molecule has 0 heterocycles. The number of aliphatic carboxylic acids is 2. The Morgan fingerprint density at radius 1 is 1.16 bits per heavy atom. The van der Waals surface area contributed by atoms with Crippen molar-refractivity contribution in [1.29, 1.82) is 0 Å². The van der Waals surface area contributed by atoms with Crippen LogP contribution in [0, 0.1) is 0 Å². The van der Waals surface area contributed by atoms with Gasteiger partial charge in [-0.1, -0.05) is 12.8 Å². The van der Waals surface area contributed by atoms with Crippen molar-refractivity contribution in [3.8, 4) is 0 Å². The summed E-state index contributed by atoms with van der Waals surface area (Å²) in [5.41, 5.74) is 0. The SMILES string of the molecule is O=C(O)CCC[C@@H](NC(=O)NC1CCCC1)C(=O)O. The number of carbonyl (C=O) groups is 3. The second-order valence-electron chi connectivity index (χ2n) is 4.78. The Balaban J connectivity index is 2.32. The first-order chi connectivity index (χ1) is 8.99. The predicted molar refractivity (Wildman–Crippen MR) is 66.8 cm³/mol. The molecule has 0 aromatic rings. The standard InChI is InChI=1S/C12H20N2O5/c15-10(16)7-3-6-9(11(17)18)14-12(19)13-8-4-1-2-5-8/h8-9H,1-7H2,(H,15,16)(H,17,18)(H2,13,14,19)/t9-/m1/s1. The van der Waals surface area contributed by atoms with Crippen molar-refractivity contribution in [1.82, 2.24) is 10.6 Å². The molecular weight excluding hydrogens is 252 g/mol. The summed E-state index contributed by atoms with van der Waals surface area (Å²) in [7, 11) is 0. The highest BCUT2D eigenvalue weighted by Crippen LogP contribution is 2.17. The number of carbonyl (C=O) groups excluding carboxylic acids is 1. The molecule has 7 nitrogen and oxygen atoms in total. The maximum absolute atomic E-state index is 11.6. The molecule has 0 bridgehead atoms. The van der Waals surface area contributed by atoms with Crippen LogP contribution in [0.2, 0.25) is 0 Å². The van der Waals surface area contributed by atoms with Crippen LogP contribution in [0.15, 0.2) is 0 Å². The Labute approximate surface area is 111 Å². The quantitative estimate of drug-likeness (QED) is 0.550. The molecule has 0 spiro atoms. The predicted octanol–water partition coefficient (Wildman–Crippen LogP) is 0.936. The number of amides is 2. The topological polar surface area (TPSA) is 116 Å². The molecule has 0 unspecified atom stereocenters. The zero-order valence-electron chi connectivity index (χ0n) is 10.7. The highest BCUT2D eigenvalue weighted by Gasteiger charge is 2.22. The molecule has 1 rings (SSSR count). The van der Waals surface area contributed by atoms with E-state index in [9.17, 15) is 14.4 Å². The van der Waals surface area contributed by atoms with E-state index in [1.54, 1.807) is 0 Å². The van der Waals surface area contributed by atoms with E-state index in [1.165, 1.54) is 0 Å². The highest BCUT2D eigenvalue weighted by molar-refractivity contribution is 5.82. The Kier molecular flexibility index (Phi) is 6.11. The lowest BCUT2D eigenvalue weighted by Gasteiger charge is -2.17. The summed E-state index contributed by atoms with van der Waals surface area (Å²) in [4.78, 5) is 32.9. The van der Waals surface area contributed by atoms with E-state index in [1.807, 2.05) is 0 Å². The molecule has 0 radical (unpaired) electrons. The summed E-state index contributed by atoms with van der Waals surface area (Å²) in [5, 5.41) is 22.6. The normalized spacial score (nSPS) is 16.8. The minimum Gasteiger partial charge on any atom is -0.481 e. The van der Waals surface area contributed by atoms with Crippen molar-refractivity contribution in [3.63, 3.8) is 0 Å². The first-order valence-electron chi connectivity index (χ1n) is 6.50. The number of urea groups is 1. The maximum atomic E-state index is 11.6. The molecule has 0 saturated heterocycles. The van der Waals surface area contributed by atoms with E-state index in [0.29, 0.717) is 0 Å². The molecule has 108 valence electrons. The van der Waals surface area contributed by atoms with Crippen LogP contribution in [0.3, 0.4) is 0 Å². The van der Waals surface area contributed by atoms with E-state index in [2.05, 4.69) is 10.6 Å². The second-order valence-corrected chi connectivity index (χ2v) is 4.78. The van der Waals surface area contributed by atoms with Crippen LogP contribution in [-0.2, 0) is 9.59 Å². The van der Waals surface area contributed by atoms with Crippen molar-refractivity contribution in [3.05, 3.63) is 0 Å². The van der Waals surface area contributed by atoms with Crippen LogP contribution in [0.4, 0.5) is 4.79 Å². The number of hydrogen-bond acceptors (Lipinski definition) is 3. The van der Waals surface area contributed by atoms with Gasteiger partial charge in [-0.15, -0.1) is 0 Å². The van der Waals surface area contributed by atoms with E-state index in [-0.39, 0.29) is 25.3 Å². The minimum atomic E-state index is -1.15. The fourth-order valence-corrected chi connectivity index (χ4v) is 2.17. The molecule has 4 N–H and O–H groups in total. The zero-order chi connectivity index (χ0) is 14.3. The summed E-state index contributed by atoms with van der Waals surface area (Å²) in [6.07, 6.45) is 4.22. The molecule has 1 aliphatic rings. The Morgan fingerprint density at radius 2 is 1.79 bits per heavy atom. The molecular formula is C12H20N2O5. The van der Waals surface area contributed by atoms with Crippen LogP contribution in [0.5, 0.6) is 0 Å². The van der Waals surface area contributed by atoms with Gasteiger partial charge in [0.25, 0.3) is 0 Å². The van der Waals surface area contributed by atoms with Crippen molar-refractivity contribution in [2.75, 3.05) is 0 Å². The molecule has 1 saturated carbocycles. The van der Waals surface area contributed by atoms with E-state index in [0.717, 1.165) is 25.7 Å². The van der Waals surface area contributed by atoms with Gasteiger partial charge in [-0.25, -0.2) is 9.59 Å². The van der Waals surface area contributed by atoms with Gasteiger partial charge >= 0.3 is 18.0 Å². The van der Waals surface area contributed by atoms with E-state index >= 15 is 0 Å². The minimum absolute atomic E-state index is 0.101. The lowest BCUT2D eigenvalue weighted by Crippen LogP contribution is -2.48. The third-order valence-electron chi connectivity index (χ3n) is 3.18. The van der Waals surface area contributed by atoms with Crippen LogP contribution < -0.4 is 10.6 Å². The summed E-state index contributed by atoms with van der Waals surface area (Å²) >= 11 is 0. The number of hydrogen-bond donors (Lipinski definition) is 4. The molecule has 0 aromatic carbocycles. The van der Waals surface area contributed by atoms with E-state index < -0.39 is 24.0 Å². The Morgan fingerprint density at radius 3 is 2.32 bits per heavy atom. The number of carboxylic acid groups (broad SMARTS) is 2. The van der Waals surface area contributed by atoms with Crippen molar-refractivity contribution in [2.45, 2.75) is 57.0 Å². The number of rotatable bonds is 7. The van der Waals surface area contributed by atoms with Gasteiger partial charge < -0.3 is 20.8 Å². The Bertz CT molecular complexity index is 339. The van der Waals surface area contributed by atoms with Crippen LogP contribution >= 0.6 is 0 Å². The van der Waals surface area contributed by atoms with Crippen LogP contribution in [0.25, 0.3) is 0 Å². The van der Waals surface area contributed by atoms with Crippen molar-refractivity contribution < 1.29 is 24.6 Å². The van der Waals surface area contributed by atoms with E-state index in [4.69, 9.17) is 10.2 Å². The molecule has 19 heavy (non-hydrogen) atoms. The smallest absolute Gasteiger partial charge is 0.326 e. The fourth-order valence-electron chi connectivity index (χ4n) is 2.17. The van der Waals surface area contributed by atoms with Gasteiger partial charge in [0.15, 0.2) is 0 Å². The summed E-state index contributed by atoms with van der Waals surface area (Å²) in [6, 6.07) is -1.41. The molecule has 1 fully saturated rings. The summed E-state index contributed by atoms with van der Waals surface area (Å²) < 4.78 is 0. The molecule has 0 aliphatic heterocycles. The van der Waals surface area contributed by atoms with Gasteiger partial charge in [-0.3, -0.25) is 4.79 Å².